The number of carbonyl (C=O) groups excluding carboxylic acids is 1. The third kappa shape index (κ3) is 3.87. The lowest BCUT2D eigenvalue weighted by Crippen LogP contribution is -2.41. The molecule has 2 heterocycles. The van der Waals surface area contributed by atoms with Crippen LogP contribution in [0.4, 0.5) is 5.69 Å². The Bertz CT molecular complexity index is 1040. The number of rotatable bonds is 4. The molecule has 7 heteroatoms. The van der Waals surface area contributed by atoms with Gasteiger partial charge in [0, 0.05) is 12.1 Å². The molecule has 0 fully saturated rings. The lowest BCUT2D eigenvalue weighted by atomic mass is 10.0. The van der Waals surface area contributed by atoms with E-state index in [1.807, 2.05) is 37.6 Å². The van der Waals surface area contributed by atoms with Crippen molar-refractivity contribution in [1.82, 2.24) is 14.9 Å². The second-order valence-electron chi connectivity index (χ2n) is 7.45. The predicted octanol–water partition coefficient (Wildman–Crippen LogP) is 4.16. The molecule has 0 aliphatic carbocycles. The largest absolute Gasteiger partial charge is 0.325 e. The van der Waals surface area contributed by atoms with Crippen LogP contribution in [0.3, 0.4) is 0 Å². The highest BCUT2D eigenvalue weighted by Gasteiger charge is 2.37. The maximum atomic E-state index is 13.3. The van der Waals surface area contributed by atoms with Crippen LogP contribution in [0.1, 0.15) is 41.0 Å². The van der Waals surface area contributed by atoms with Gasteiger partial charge in [0.2, 0.25) is 11.1 Å². The number of benzene rings is 2. The first-order valence-corrected chi connectivity index (χ1v) is 10.7. The van der Waals surface area contributed by atoms with Crippen molar-refractivity contribution in [1.29, 1.82) is 0 Å². The van der Waals surface area contributed by atoms with Crippen LogP contribution in [-0.4, -0.2) is 26.0 Å². The molecular weight excluding hydrogens is 382 g/mol. The third-order valence-corrected chi connectivity index (χ3v) is 6.37. The summed E-state index contributed by atoms with van der Waals surface area (Å²) in [6.07, 6.45) is 0.764. The van der Waals surface area contributed by atoms with Crippen molar-refractivity contribution in [3.63, 3.8) is 0 Å². The zero-order valence-electron chi connectivity index (χ0n) is 17.1. The molecule has 3 aromatic rings. The van der Waals surface area contributed by atoms with Gasteiger partial charge in [-0.1, -0.05) is 66.2 Å². The Balaban J connectivity index is 1.67. The van der Waals surface area contributed by atoms with E-state index in [2.05, 4.69) is 58.2 Å². The maximum absolute atomic E-state index is 13.3. The number of hydrogen-bond donors (Lipinski definition) is 2. The highest BCUT2D eigenvalue weighted by Crippen LogP contribution is 2.37. The van der Waals surface area contributed by atoms with Gasteiger partial charge in [0.25, 0.3) is 0 Å². The summed E-state index contributed by atoms with van der Waals surface area (Å²) < 4.78 is 1.91. The van der Waals surface area contributed by atoms with Gasteiger partial charge in [-0.15, -0.1) is 10.2 Å². The summed E-state index contributed by atoms with van der Waals surface area (Å²) in [5, 5.41) is 12.0. The number of anilines is 1. The molecule has 6 nitrogen and oxygen atoms in total. The minimum absolute atomic E-state index is 0.0488. The molecule has 0 unspecified atom stereocenters. The summed E-state index contributed by atoms with van der Waals surface area (Å²) in [5.74, 6) is 0.810. The second kappa shape index (κ2) is 7.91. The summed E-state index contributed by atoms with van der Waals surface area (Å²) in [5.41, 5.74) is 8.79. The lowest BCUT2D eigenvalue weighted by Gasteiger charge is -2.33. The van der Waals surface area contributed by atoms with Crippen molar-refractivity contribution in [2.24, 2.45) is 0 Å². The average Bonchev–Trinajstić information content (AvgIpc) is 3.12. The Morgan fingerprint density at radius 2 is 1.83 bits per heavy atom. The van der Waals surface area contributed by atoms with Crippen LogP contribution in [-0.2, 0) is 11.2 Å². The van der Waals surface area contributed by atoms with Gasteiger partial charge in [-0.3, -0.25) is 4.79 Å². The molecule has 4 rings (SSSR count). The lowest BCUT2D eigenvalue weighted by molar-refractivity contribution is -0.116. The first kappa shape index (κ1) is 19.5. The fourth-order valence-corrected chi connectivity index (χ4v) is 4.61. The van der Waals surface area contributed by atoms with Crippen LogP contribution in [0.5, 0.6) is 0 Å². The summed E-state index contributed by atoms with van der Waals surface area (Å²) in [6.45, 7) is 8.16. The smallest absolute Gasteiger partial charge is 0.240 e. The normalized spacial score (nSPS) is 18.1. The van der Waals surface area contributed by atoms with E-state index in [4.69, 9.17) is 0 Å². The van der Waals surface area contributed by atoms with Gasteiger partial charge in [-0.2, -0.15) is 0 Å². The fraction of sp³-hybridized carbons (Fsp3) is 0.318. The highest BCUT2D eigenvalue weighted by atomic mass is 32.2. The highest BCUT2D eigenvalue weighted by molar-refractivity contribution is 8.00. The van der Waals surface area contributed by atoms with Crippen LogP contribution in [0.15, 0.2) is 47.6 Å². The zero-order chi connectivity index (χ0) is 20.5. The maximum Gasteiger partial charge on any atom is 0.240 e. The minimum atomic E-state index is -0.375. The van der Waals surface area contributed by atoms with E-state index in [1.165, 1.54) is 22.9 Å². The van der Waals surface area contributed by atoms with E-state index in [-0.39, 0.29) is 17.2 Å². The molecule has 29 heavy (non-hydrogen) atoms. The van der Waals surface area contributed by atoms with Gasteiger partial charge in [0.05, 0.1) is 6.04 Å². The van der Waals surface area contributed by atoms with Crippen LogP contribution in [0.25, 0.3) is 0 Å². The van der Waals surface area contributed by atoms with Crippen LogP contribution < -0.4 is 10.7 Å². The van der Waals surface area contributed by atoms with Gasteiger partial charge in [-0.25, -0.2) is 4.68 Å². The van der Waals surface area contributed by atoms with E-state index in [0.29, 0.717) is 5.16 Å². The number of nitrogens with zero attached hydrogens (tertiary/aromatic N) is 3. The Kier molecular flexibility index (Phi) is 5.32. The Morgan fingerprint density at radius 1 is 1.10 bits per heavy atom. The third-order valence-electron chi connectivity index (χ3n) is 5.15. The molecule has 1 aliphatic rings. The molecule has 1 aliphatic heterocycles. The van der Waals surface area contributed by atoms with E-state index in [0.717, 1.165) is 29.1 Å². The molecule has 2 aromatic carbocycles. The molecule has 150 valence electrons. The number of fused-ring (bicyclic) bond motifs is 1. The minimum Gasteiger partial charge on any atom is -0.325 e. The van der Waals surface area contributed by atoms with Gasteiger partial charge in [-0.05, 0) is 38.0 Å². The van der Waals surface area contributed by atoms with E-state index in [9.17, 15) is 4.79 Å². The predicted molar refractivity (Wildman–Crippen MR) is 117 cm³/mol. The van der Waals surface area contributed by atoms with Gasteiger partial charge < -0.3 is 10.7 Å². The summed E-state index contributed by atoms with van der Waals surface area (Å²) >= 11 is 1.45. The van der Waals surface area contributed by atoms with Crippen LogP contribution in [0, 0.1) is 20.8 Å². The second-order valence-corrected chi connectivity index (χ2v) is 8.56. The zero-order valence-corrected chi connectivity index (χ0v) is 17.9. The molecule has 0 saturated heterocycles. The standard InChI is InChI=1S/C22H25N5OS/c1-5-18-24-25-22-27(18)26-19(16-9-6-13(2)7-10-16)20(29-22)21(28)23-17-11-8-14(3)12-15(17)4/h6-12,19-20,26H,5H2,1-4H3,(H,23,28)/t19-,20-/m0/s1. The fourth-order valence-electron chi connectivity index (χ4n) is 3.51. The number of amides is 1. The number of aryl methyl sites for hydroxylation is 4. The number of carbonyl (C=O) groups is 1. The molecule has 0 bridgehead atoms. The summed E-state index contributed by atoms with van der Waals surface area (Å²) in [7, 11) is 0. The average molecular weight is 408 g/mol. The molecule has 1 amide bonds. The topological polar surface area (TPSA) is 71.8 Å². The van der Waals surface area contributed by atoms with Crippen LogP contribution >= 0.6 is 11.8 Å². The molecule has 1 aromatic heterocycles. The molecule has 2 N–H and O–H groups in total. The number of nitrogens with one attached hydrogen (secondary N) is 2. The monoisotopic (exact) mass is 407 g/mol. The van der Waals surface area contributed by atoms with Crippen molar-refractivity contribution >= 4 is 23.4 Å². The van der Waals surface area contributed by atoms with Crippen molar-refractivity contribution in [3.8, 4) is 0 Å². The number of aromatic nitrogens is 3. The van der Waals surface area contributed by atoms with Gasteiger partial charge in [0.1, 0.15) is 5.25 Å². The van der Waals surface area contributed by atoms with E-state index < -0.39 is 0 Å². The van der Waals surface area contributed by atoms with E-state index >= 15 is 0 Å². The molecule has 0 spiro atoms. The Hall–Kier alpha value is -2.80. The number of hydrogen-bond acceptors (Lipinski definition) is 5. The number of thioether (sulfide) groups is 1. The van der Waals surface area contributed by atoms with E-state index in [1.54, 1.807) is 0 Å². The van der Waals surface area contributed by atoms with Crippen LogP contribution in [0.2, 0.25) is 0 Å². The van der Waals surface area contributed by atoms with Crippen molar-refractivity contribution < 1.29 is 4.79 Å². The molecular formula is C22H25N5OS. The molecule has 0 radical (unpaired) electrons. The van der Waals surface area contributed by atoms with Crippen molar-refractivity contribution in [3.05, 3.63) is 70.5 Å². The first-order chi connectivity index (χ1) is 14.0. The molecule has 0 saturated carbocycles. The quantitative estimate of drug-likeness (QED) is 0.679. The SMILES string of the molecule is CCc1nnc2n1N[C@@H](c1ccc(C)cc1)[C@@H](C(=O)Nc1ccc(C)cc1C)S2. The van der Waals surface area contributed by atoms with Gasteiger partial charge in [0.15, 0.2) is 5.82 Å². The summed E-state index contributed by atoms with van der Waals surface area (Å²) in [4.78, 5) is 13.3. The molecule has 2 atom stereocenters. The van der Waals surface area contributed by atoms with Crippen molar-refractivity contribution in [2.75, 3.05) is 10.7 Å². The Labute approximate surface area is 175 Å². The Morgan fingerprint density at radius 3 is 2.52 bits per heavy atom. The van der Waals surface area contributed by atoms with Gasteiger partial charge >= 0.3 is 0 Å². The summed E-state index contributed by atoms with van der Waals surface area (Å²) in [6, 6.07) is 14.1. The van der Waals surface area contributed by atoms with Crippen molar-refractivity contribution in [2.45, 2.75) is 50.6 Å². The first-order valence-electron chi connectivity index (χ1n) is 9.78.